The third-order valence-corrected chi connectivity index (χ3v) is 23.7. The van der Waals surface area contributed by atoms with Crippen LogP contribution < -0.4 is 30.6 Å². The van der Waals surface area contributed by atoms with Crippen LogP contribution >= 0.6 is 0 Å². The van der Waals surface area contributed by atoms with Gasteiger partial charge in [-0.25, -0.2) is 0 Å². The lowest BCUT2D eigenvalue weighted by atomic mass is 10.1. The van der Waals surface area contributed by atoms with Crippen LogP contribution in [-0.2, 0) is 28.8 Å². The van der Waals surface area contributed by atoms with Gasteiger partial charge < -0.3 is 86.3 Å². The van der Waals surface area contributed by atoms with E-state index in [1.54, 1.807) is 0 Å². The van der Waals surface area contributed by atoms with Crippen molar-refractivity contribution in [3.8, 4) is 0 Å². The fourth-order valence-corrected chi connectivity index (χ4v) is 15.9. The maximum absolute atomic E-state index is 8.89. The SMILES string of the molecule is CC(=O)[O-].CC(=O)[O-].CC(=O)[O-].CC(=O)[O-].CC(=O)[O-].CC(=O)[O-].CCCC[N+](CCCC)(CCCC)CCCC.CCCC[N+](CCCC)(CCCC)CCCC.CCCC[N+](CCCC)(CCCC)CCCC.CCCC[N+](CCCC)(CCCC)CCCC.CCCC[N+](CCCC)(CCCC)CCCC.CCCC[N+](CCCC)(CCCC)CCCC. The Morgan fingerprint density at radius 1 is 0.119 bits per heavy atom. The molecule has 0 aromatic rings. The second kappa shape index (κ2) is 118. The molecule has 0 saturated carbocycles. The van der Waals surface area contributed by atoms with Crippen LogP contribution in [0.15, 0.2) is 0 Å². The summed E-state index contributed by atoms with van der Waals surface area (Å²) in [4.78, 5) is 53.3. The third-order valence-electron chi connectivity index (χ3n) is 23.7. The summed E-state index contributed by atoms with van der Waals surface area (Å²) >= 11 is 0. The first-order chi connectivity index (χ1) is 59.8. The molecule has 0 N–H and O–H groups in total. The van der Waals surface area contributed by atoms with Crippen molar-refractivity contribution < 1.29 is 86.3 Å². The lowest BCUT2D eigenvalue weighted by molar-refractivity contribution is -0.929. The predicted octanol–water partition coefficient (Wildman–Crippen LogP) is 22.6. The lowest BCUT2D eigenvalue weighted by Gasteiger charge is -2.39. The lowest BCUT2D eigenvalue weighted by Crippen LogP contribution is -2.50. The van der Waals surface area contributed by atoms with Gasteiger partial charge in [0.25, 0.3) is 0 Å². The second-order valence-electron chi connectivity index (χ2n) is 36.9. The molecule has 768 valence electrons. The average Bonchev–Trinajstić information content (AvgIpc) is 0.914. The Labute approximate surface area is 790 Å². The molecule has 0 radical (unpaired) electrons. The number of carboxylic acid groups (broad SMARTS) is 6. The third kappa shape index (κ3) is 127. The first-order valence-electron chi connectivity index (χ1n) is 54.0. The molecule has 0 unspecified atom stereocenters. The van der Waals surface area contributed by atoms with Gasteiger partial charge in [-0.2, -0.15) is 0 Å². The molecule has 0 spiro atoms. The van der Waals surface area contributed by atoms with Gasteiger partial charge in [0, 0.05) is 35.8 Å². The fraction of sp³-hybridized carbons (Fsp3) is 0.944. The van der Waals surface area contributed by atoms with E-state index in [1.165, 1.54) is 492 Å². The minimum absolute atomic E-state index is 0.972. The number of carbonyl (C=O) groups excluding carboxylic acids is 6. The Morgan fingerprint density at radius 2 is 0.151 bits per heavy atom. The van der Waals surface area contributed by atoms with Gasteiger partial charge >= 0.3 is 0 Å². The van der Waals surface area contributed by atoms with Crippen LogP contribution in [0.25, 0.3) is 0 Å². The summed E-state index contributed by atoms with van der Waals surface area (Å²) in [6.45, 7) is 95.9. The highest BCUT2D eigenvalue weighted by Gasteiger charge is 2.30. The Balaban J connectivity index is -0.000000117. The minimum Gasteiger partial charge on any atom is -0.550 e. The number of quaternary nitrogens is 6. The molecule has 18 nitrogen and oxygen atoms in total. The van der Waals surface area contributed by atoms with Crippen LogP contribution in [-0.4, -0.2) is 220 Å². The van der Waals surface area contributed by atoms with Crippen LogP contribution in [0.4, 0.5) is 0 Å². The van der Waals surface area contributed by atoms with Gasteiger partial charge in [0.15, 0.2) is 0 Å². The average molecular weight is 1810 g/mol. The van der Waals surface area contributed by atoms with E-state index in [-0.39, 0.29) is 0 Å². The van der Waals surface area contributed by atoms with Crippen molar-refractivity contribution in [1.82, 2.24) is 0 Å². The van der Waals surface area contributed by atoms with E-state index in [2.05, 4.69) is 166 Å². The first-order valence-corrected chi connectivity index (χ1v) is 54.0. The van der Waals surface area contributed by atoms with Gasteiger partial charge in [0.05, 0.1) is 157 Å². The number of carbonyl (C=O) groups is 6. The van der Waals surface area contributed by atoms with Crippen molar-refractivity contribution >= 4 is 35.8 Å². The molecule has 126 heavy (non-hydrogen) atoms. The van der Waals surface area contributed by atoms with Gasteiger partial charge in [-0.15, -0.1) is 0 Å². The fourth-order valence-electron chi connectivity index (χ4n) is 15.9. The zero-order chi connectivity index (χ0) is 99.4. The summed E-state index contributed by atoms with van der Waals surface area (Å²) in [5.74, 6) is -6.50. The Hall–Kier alpha value is -3.42. The van der Waals surface area contributed by atoms with E-state index in [1.807, 2.05) is 0 Å². The largest absolute Gasteiger partial charge is 0.550 e. The Kier molecular flexibility index (Phi) is 138. The van der Waals surface area contributed by atoms with E-state index in [4.69, 9.17) is 59.4 Å². The van der Waals surface area contributed by atoms with Crippen molar-refractivity contribution in [2.45, 2.75) is 516 Å². The van der Waals surface area contributed by atoms with E-state index in [0.29, 0.717) is 0 Å². The molecule has 0 saturated heterocycles. The van der Waals surface area contributed by atoms with Gasteiger partial charge in [-0.1, -0.05) is 320 Å². The number of hydrogen-bond acceptors (Lipinski definition) is 12. The van der Waals surface area contributed by atoms with Crippen LogP contribution in [0.2, 0.25) is 0 Å². The van der Waals surface area contributed by atoms with Crippen molar-refractivity contribution in [2.24, 2.45) is 0 Å². The highest BCUT2D eigenvalue weighted by molar-refractivity contribution is 5.61. The predicted molar refractivity (Wildman–Crippen MR) is 540 cm³/mol. The van der Waals surface area contributed by atoms with Gasteiger partial charge in [-0.3, -0.25) is 0 Å². The summed E-state index contributed by atoms with van der Waals surface area (Å²) in [5, 5.41) is 53.3. The smallest absolute Gasteiger partial charge is 0.0786 e. The molecule has 0 amide bonds. The normalized spacial score (nSPS) is 10.9. The number of carboxylic acids is 6. The zero-order valence-corrected chi connectivity index (χ0v) is 91.5. The summed E-state index contributed by atoms with van der Waals surface area (Å²) in [7, 11) is 0. The van der Waals surface area contributed by atoms with Gasteiger partial charge in [-0.05, 0) is 196 Å². The summed E-state index contributed by atoms with van der Waals surface area (Å²) in [6, 6.07) is 0. The molecule has 0 aliphatic carbocycles. The number of aliphatic carboxylic acids is 6. The number of unbranched alkanes of at least 4 members (excludes halogenated alkanes) is 24. The van der Waals surface area contributed by atoms with Crippen LogP contribution in [0.3, 0.4) is 0 Å². The van der Waals surface area contributed by atoms with Crippen LogP contribution in [0.1, 0.15) is 516 Å². The number of hydrogen-bond donors (Lipinski definition) is 0. The monoisotopic (exact) mass is 1810 g/mol. The first kappa shape index (κ1) is 148. The van der Waals surface area contributed by atoms with Crippen molar-refractivity contribution in [3.05, 3.63) is 0 Å². The molecular formula is C108H234N6O12. The number of nitrogens with zero attached hydrogens (tertiary/aromatic N) is 6. The van der Waals surface area contributed by atoms with Crippen LogP contribution in [0, 0.1) is 0 Å². The summed E-state index contributed by atoms with van der Waals surface area (Å²) < 4.78 is 8.52. The zero-order valence-electron chi connectivity index (χ0n) is 91.5. The quantitative estimate of drug-likeness (QED) is 0.0517. The molecule has 0 aromatic carbocycles. The van der Waals surface area contributed by atoms with Crippen molar-refractivity contribution in [3.63, 3.8) is 0 Å². The molecule has 0 aliphatic heterocycles. The van der Waals surface area contributed by atoms with E-state index in [0.717, 1.165) is 41.5 Å². The molecular weight excluding hydrogens is 1570 g/mol. The van der Waals surface area contributed by atoms with E-state index >= 15 is 0 Å². The highest BCUT2D eigenvalue weighted by atomic mass is 16.4. The molecule has 0 heterocycles. The standard InChI is InChI=1S/6C16H36N.6C2H4O2/c6*1-5-9-13-17(14-10-6-2,15-11-7-3)16-12-8-4;6*1-2(3)4/h6*5-16H2,1-4H3;6*1H3,(H,3,4)/q6*+1;;;;;;/p-6. The molecule has 0 aliphatic rings. The van der Waals surface area contributed by atoms with E-state index in [9.17, 15) is 0 Å². The van der Waals surface area contributed by atoms with E-state index < -0.39 is 35.8 Å². The Bertz CT molecular complexity index is 1500. The molecule has 18 heteroatoms. The van der Waals surface area contributed by atoms with Gasteiger partial charge in [0.2, 0.25) is 0 Å². The van der Waals surface area contributed by atoms with Crippen molar-refractivity contribution in [1.29, 1.82) is 0 Å². The molecule has 0 rings (SSSR count). The summed E-state index contributed by atoms with van der Waals surface area (Å²) in [6.07, 6.45) is 66.4. The molecule has 0 aromatic heterocycles. The highest BCUT2D eigenvalue weighted by Crippen LogP contribution is 2.23. The van der Waals surface area contributed by atoms with Gasteiger partial charge in [0.1, 0.15) is 0 Å². The van der Waals surface area contributed by atoms with Crippen LogP contribution in [0.5, 0.6) is 0 Å². The maximum Gasteiger partial charge on any atom is 0.0786 e. The summed E-state index contributed by atoms with van der Waals surface area (Å²) in [5.41, 5.74) is 0. The molecule has 0 atom stereocenters. The Morgan fingerprint density at radius 3 is 0.175 bits per heavy atom. The molecule has 0 fully saturated rings. The maximum atomic E-state index is 8.89. The minimum atomic E-state index is -1.08. The topological polar surface area (TPSA) is 241 Å². The number of rotatable bonds is 72. The molecule has 0 bridgehead atoms. The second-order valence-corrected chi connectivity index (χ2v) is 36.9. The van der Waals surface area contributed by atoms with Crippen molar-refractivity contribution in [2.75, 3.05) is 157 Å².